The van der Waals surface area contributed by atoms with E-state index in [0.717, 1.165) is 0 Å². The quantitative estimate of drug-likeness (QED) is 0.447. The fraction of sp³-hybridized carbons (Fsp3) is 0.143. The van der Waals surface area contributed by atoms with Crippen LogP contribution >= 0.6 is 11.6 Å². The van der Waals surface area contributed by atoms with Gasteiger partial charge in [0.05, 0.1) is 12.1 Å². The highest BCUT2D eigenvalue weighted by molar-refractivity contribution is 6.32. The highest BCUT2D eigenvalue weighted by Gasteiger charge is 2.11. The van der Waals surface area contributed by atoms with Crippen molar-refractivity contribution in [1.29, 1.82) is 5.26 Å². The van der Waals surface area contributed by atoms with E-state index in [-0.39, 0.29) is 12.2 Å². The molecule has 0 saturated heterocycles. The lowest BCUT2D eigenvalue weighted by Gasteiger charge is -2.08. The molecule has 1 N–H and O–H groups in total. The van der Waals surface area contributed by atoms with Gasteiger partial charge in [-0.05, 0) is 42.0 Å². The summed E-state index contributed by atoms with van der Waals surface area (Å²) in [5.74, 6) is 1.44. The zero-order valence-corrected chi connectivity index (χ0v) is 16.9. The maximum Gasteiger partial charge on any atom is 0.266 e. The van der Waals surface area contributed by atoms with E-state index in [1.807, 2.05) is 6.07 Å². The molecule has 2 aromatic carbocycles. The van der Waals surface area contributed by atoms with Gasteiger partial charge in [-0.3, -0.25) is 4.79 Å². The number of benzene rings is 2. The first-order chi connectivity index (χ1) is 14.5. The predicted octanol–water partition coefficient (Wildman–Crippen LogP) is 4.16. The van der Waals surface area contributed by atoms with Gasteiger partial charge in [0.2, 0.25) is 11.7 Å². The van der Waals surface area contributed by atoms with Gasteiger partial charge in [-0.25, -0.2) is 0 Å². The van der Waals surface area contributed by atoms with Gasteiger partial charge in [-0.15, -0.1) is 0 Å². The van der Waals surface area contributed by atoms with Crippen LogP contribution in [0.2, 0.25) is 5.02 Å². The Bertz CT molecular complexity index is 1120. The number of methoxy groups -OCH3 is 1. The number of amides is 1. The van der Waals surface area contributed by atoms with E-state index < -0.39 is 5.91 Å². The minimum absolute atomic E-state index is 0.0575. The second-order valence-electron chi connectivity index (χ2n) is 6.06. The molecule has 8 nitrogen and oxygen atoms in total. The summed E-state index contributed by atoms with van der Waals surface area (Å²) in [5.41, 5.74) is 1.06. The number of hydrogen-bond donors (Lipinski definition) is 1. The van der Waals surface area contributed by atoms with E-state index >= 15 is 0 Å². The van der Waals surface area contributed by atoms with E-state index in [1.54, 1.807) is 49.4 Å². The summed E-state index contributed by atoms with van der Waals surface area (Å²) in [4.78, 5) is 16.5. The lowest BCUT2D eigenvalue weighted by Crippen LogP contribution is -2.13. The third-order valence-electron chi connectivity index (χ3n) is 3.90. The first-order valence-corrected chi connectivity index (χ1v) is 9.15. The maximum absolute atomic E-state index is 12.4. The van der Waals surface area contributed by atoms with Gasteiger partial charge in [-0.2, -0.15) is 10.2 Å². The lowest BCUT2D eigenvalue weighted by molar-refractivity contribution is -0.112. The van der Waals surface area contributed by atoms with Gasteiger partial charge in [-0.1, -0.05) is 28.9 Å². The third-order valence-corrected chi connectivity index (χ3v) is 4.20. The van der Waals surface area contributed by atoms with Gasteiger partial charge >= 0.3 is 0 Å². The van der Waals surface area contributed by atoms with Crippen LogP contribution in [0.3, 0.4) is 0 Å². The minimum atomic E-state index is -0.550. The Morgan fingerprint density at radius 1 is 1.30 bits per heavy atom. The summed E-state index contributed by atoms with van der Waals surface area (Å²) < 4.78 is 15.5. The Morgan fingerprint density at radius 2 is 2.07 bits per heavy atom. The monoisotopic (exact) mass is 424 g/mol. The molecule has 0 fully saturated rings. The maximum atomic E-state index is 12.4. The van der Waals surface area contributed by atoms with Crippen LogP contribution in [0.4, 0.5) is 5.69 Å². The molecule has 1 amide bonds. The number of halogens is 1. The molecule has 0 atom stereocenters. The van der Waals surface area contributed by atoms with E-state index in [4.69, 9.17) is 25.6 Å². The van der Waals surface area contributed by atoms with E-state index in [2.05, 4.69) is 15.5 Å². The van der Waals surface area contributed by atoms with Crippen molar-refractivity contribution < 1.29 is 18.8 Å². The Morgan fingerprint density at radius 3 is 2.67 bits per heavy atom. The third kappa shape index (κ3) is 5.37. The molecule has 0 aliphatic rings. The van der Waals surface area contributed by atoms with Crippen molar-refractivity contribution in [1.82, 2.24) is 10.1 Å². The Kier molecular flexibility index (Phi) is 6.67. The molecule has 0 bridgehead atoms. The smallest absolute Gasteiger partial charge is 0.266 e. The SMILES string of the molecule is COc1ccc(NC(=O)/C(C#N)=C\c2ccc(OCc3noc(C)n3)cc2)cc1Cl. The van der Waals surface area contributed by atoms with Gasteiger partial charge in [0.15, 0.2) is 6.61 Å². The number of aromatic nitrogens is 2. The predicted molar refractivity (Wildman–Crippen MR) is 110 cm³/mol. The van der Waals surface area contributed by atoms with Gasteiger partial charge in [0.1, 0.15) is 23.1 Å². The summed E-state index contributed by atoms with van der Waals surface area (Å²) >= 11 is 6.06. The molecule has 3 rings (SSSR count). The molecule has 0 unspecified atom stereocenters. The summed E-state index contributed by atoms with van der Waals surface area (Å²) in [7, 11) is 1.50. The molecule has 0 radical (unpaired) electrons. The zero-order valence-electron chi connectivity index (χ0n) is 16.2. The summed E-state index contributed by atoms with van der Waals surface area (Å²) in [5, 5.41) is 16.1. The topological polar surface area (TPSA) is 110 Å². The Hall–Kier alpha value is -3.83. The number of hydrogen-bond acceptors (Lipinski definition) is 7. The normalized spacial score (nSPS) is 10.9. The molecule has 1 heterocycles. The number of anilines is 1. The highest BCUT2D eigenvalue weighted by atomic mass is 35.5. The number of nitrogens with one attached hydrogen (secondary N) is 1. The van der Waals surface area contributed by atoms with Crippen molar-refractivity contribution in [2.75, 3.05) is 12.4 Å². The van der Waals surface area contributed by atoms with Crippen LogP contribution in [0.25, 0.3) is 6.08 Å². The first-order valence-electron chi connectivity index (χ1n) is 8.77. The van der Waals surface area contributed by atoms with Crippen LogP contribution in [0.1, 0.15) is 17.3 Å². The van der Waals surface area contributed by atoms with E-state index in [1.165, 1.54) is 13.2 Å². The van der Waals surface area contributed by atoms with Crippen molar-refractivity contribution in [3.63, 3.8) is 0 Å². The number of ether oxygens (including phenoxy) is 2. The van der Waals surface area contributed by atoms with Crippen LogP contribution in [-0.2, 0) is 11.4 Å². The number of carbonyl (C=O) groups is 1. The molecule has 9 heteroatoms. The second-order valence-corrected chi connectivity index (χ2v) is 6.47. The van der Waals surface area contributed by atoms with Gasteiger partial charge in [0, 0.05) is 12.6 Å². The van der Waals surface area contributed by atoms with Gasteiger partial charge in [0.25, 0.3) is 5.91 Å². The molecule has 0 saturated carbocycles. The standard InChI is InChI=1S/C21H17ClN4O4/c1-13-24-20(26-30-13)12-29-17-6-3-14(4-7-17)9-15(11-23)21(27)25-16-5-8-19(28-2)18(22)10-16/h3-10H,12H2,1-2H3,(H,25,27)/b15-9-. The van der Waals surface area contributed by atoms with Crippen LogP contribution < -0.4 is 14.8 Å². The van der Waals surface area contributed by atoms with Gasteiger partial charge < -0.3 is 19.3 Å². The number of nitrogens with zero attached hydrogens (tertiary/aromatic N) is 3. The van der Waals surface area contributed by atoms with Crippen LogP contribution in [0, 0.1) is 18.3 Å². The molecule has 152 valence electrons. The number of carbonyl (C=O) groups excluding carboxylic acids is 1. The van der Waals surface area contributed by atoms with Crippen LogP contribution in [0.15, 0.2) is 52.6 Å². The molecule has 30 heavy (non-hydrogen) atoms. The molecular formula is C21H17ClN4O4. The van der Waals surface area contributed by atoms with Crippen molar-refractivity contribution in [3.05, 3.63) is 70.3 Å². The van der Waals surface area contributed by atoms with Crippen molar-refractivity contribution in [2.24, 2.45) is 0 Å². The molecule has 0 aliphatic heterocycles. The largest absolute Gasteiger partial charge is 0.495 e. The molecule has 1 aromatic heterocycles. The molecule has 0 aliphatic carbocycles. The summed E-state index contributed by atoms with van der Waals surface area (Å²) in [6.07, 6.45) is 1.48. The highest BCUT2D eigenvalue weighted by Crippen LogP contribution is 2.27. The molecule has 3 aromatic rings. The molecule has 0 spiro atoms. The second kappa shape index (κ2) is 9.58. The number of rotatable bonds is 7. The first kappa shape index (κ1) is 20.9. The van der Waals surface area contributed by atoms with Crippen LogP contribution in [0.5, 0.6) is 11.5 Å². The zero-order chi connectivity index (χ0) is 21.5. The average Bonchev–Trinajstić information content (AvgIpc) is 3.16. The van der Waals surface area contributed by atoms with E-state index in [0.29, 0.717) is 39.5 Å². The fourth-order valence-corrected chi connectivity index (χ4v) is 2.72. The number of aryl methyl sites for hydroxylation is 1. The minimum Gasteiger partial charge on any atom is -0.495 e. The Balaban J connectivity index is 1.65. The Labute approximate surface area is 177 Å². The lowest BCUT2D eigenvalue weighted by atomic mass is 10.1. The van der Waals surface area contributed by atoms with Crippen molar-refractivity contribution in [3.8, 4) is 17.6 Å². The van der Waals surface area contributed by atoms with Crippen LogP contribution in [-0.4, -0.2) is 23.2 Å². The van der Waals surface area contributed by atoms with Crippen molar-refractivity contribution in [2.45, 2.75) is 13.5 Å². The summed E-state index contributed by atoms with van der Waals surface area (Å²) in [6, 6.07) is 13.6. The average molecular weight is 425 g/mol. The molecular weight excluding hydrogens is 408 g/mol. The number of nitriles is 1. The van der Waals surface area contributed by atoms with Crippen molar-refractivity contribution >= 4 is 29.3 Å². The summed E-state index contributed by atoms with van der Waals surface area (Å²) in [6.45, 7) is 1.87. The fourth-order valence-electron chi connectivity index (χ4n) is 2.47. The van der Waals surface area contributed by atoms with E-state index in [9.17, 15) is 10.1 Å².